The van der Waals surface area contributed by atoms with Crippen LogP contribution in [0.15, 0.2) is 42.6 Å². The number of hydrogen-bond donors (Lipinski definition) is 2. The van der Waals surface area contributed by atoms with E-state index in [-0.39, 0.29) is 12.1 Å². The molecule has 0 saturated heterocycles. The molecule has 0 aliphatic rings. The smallest absolute Gasteiger partial charge is 0.161 e. The quantitative estimate of drug-likeness (QED) is 0.689. The first kappa shape index (κ1) is 12.6. The van der Waals surface area contributed by atoms with Gasteiger partial charge in [0.25, 0.3) is 0 Å². The SMILES string of the molecule is Fc1cc(F)c(CNc2ccc3[nH]ccc3c2)cc1F. The summed E-state index contributed by atoms with van der Waals surface area (Å²) in [5.74, 6) is -3.00. The summed E-state index contributed by atoms with van der Waals surface area (Å²) in [5.41, 5.74) is 1.86. The van der Waals surface area contributed by atoms with Gasteiger partial charge in [-0.15, -0.1) is 0 Å². The predicted molar refractivity (Wildman–Crippen MR) is 71.9 cm³/mol. The molecule has 102 valence electrons. The van der Waals surface area contributed by atoms with E-state index in [9.17, 15) is 13.2 Å². The number of halogens is 3. The van der Waals surface area contributed by atoms with Gasteiger partial charge >= 0.3 is 0 Å². The van der Waals surface area contributed by atoms with Gasteiger partial charge in [-0.2, -0.15) is 0 Å². The summed E-state index contributed by atoms with van der Waals surface area (Å²) >= 11 is 0. The predicted octanol–water partition coefficient (Wildman–Crippen LogP) is 4.20. The molecule has 2 nitrogen and oxygen atoms in total. The van der Waals surface area contributed by atoms with Crippen molar-refractivity contribution in [3.05, 3.63) is 65.6 Å². The second kappa shape index (κ2) is 4.92. The Morgan fingerprint density at radius 3 is 2.55 bits per heavy atom. The third kappa shape index (κ3) is 2.34. The van der Waals surface area contributed by atoms with Crippen molar-refractivity contribution < 1.29 is 13.2 Å². The Balaban J connectivity index is 1.80. The van der Waals surface area contributed by atoms with Crippen LogP contribution in [-0.2, 0) is 6.54 Å². The third-order valence-corrected chi connectivity index (χ3v) is 3.13. The summed E-state index contributed by atoms with van der Waals surface area (Å²) in [6, 6.07) is 8.95. The molecule has 5 heteroatoms. The number of aromatic nitrogens is 1. The average molecular weight is 276 g/mol. The van der Waals surface area contributed by atoms with Gasteiger partial charge in [0, 0.05) is 41.0 Å². The van der Waals surface area contributed by atoms with Crippen LogP contribution in [0.2, 0.25) is 0 Å². The molecule has 0 spiro atoms. The standard InChI is InChI=1S/C15H11F3N2/c16-12-7-14(18)13(17)6-10(12)8-20-11-1-2-15-9(5-11)3-4-19-15/h1-7,19-20H,8H2. The van der Waals surface area contributed by atoms with Crippen molar-refractivity contribution in [2.75, 3.05) is 5.32 Å². The molecule has 3 rings (SSSR count). The second-order valence-electron chi connectivity index (χ2n) is 4.49. The highest BCUT2D eigenvalue weighted by molar-refractivity contribution is 5.82. The minimum Gasteiger partial charge on any atom is -0.381 e. The molecule has 0 aliphatic heterocycles. The van der Waals surface area contributed by atoms with Gasteiger partial charge in [0.1, 0.15) is 5.82 Å². The highest BCUT2D eigenvalue weighted by atomic mass is 19.2. The second-order valence-corrected chi connectivity index (χ2v) is 4.49. The molecule has 0 atom stereocenters. The van der Waals surface area contributed by atoms with Crippen LogP contribution in [0.5, 0.6) is 0 Å². The Kier molecular flexibility index (Phi) is 3.10. The van der Waals surface area contributed by atoms with Gasteiger partial charge in [-0.25, -0.2) is 13.2 Å². The highest BCUT2D eigenvalue weighted by Gasteiger charge is 2.09. The van der Waals surface area contributed by atoms with E-state index in [1.165, 1.54) is 0 Å². The normalized spacial score (nSPS) is 10.9. The number of nitrogens with one attached hydrogen (secondary N) is 2. The maximum Gasteiger partial charge on any atom is 0.161 e. The van der Waals surface area contributed by atoms with E-state index >= 15 is 0 Å². The summed E-state index contributed by atoms with van der Waals surface area (Å²) in [6.45, 7) is 0.0823. The van der Waals surface area contributed by atoms with E-state index in [1.54, 1.807) is 0 Å². The van der Waals surface area contributed by atoms with Crippen LogP contribution in [0.25, 0.3) is 10.9 Å². The van der Waals surface area contributed by atoms with E-state index in [0.717, 1.165) is 22.7 Å². The van der Waals surface area contributed by atoms with Gasteiger partial charge in [-0.1, -0.05) is 0 Å². The minimum atomic E-state index is -1.18. The summed E-state index contributed by atoms with van der Waals surface area (Å²) < 4.78 is 39.4. The van der Waals surface area contributed by atoms with Crippen molar-refractivity contribution in [3.63, 3.8) is 0 Å². The summed E-state index contributed by atoms with van der Waals surface area (Å²) in [4.78, 5) is 3.06. The Hall–Kier alpha value is -2.43. The zero-order valence-corrected chi connectivity index (χ0v) is 10.4. The molecule has 0 saturated carbocycles. The summed E-state index contributed by atoms with van der Waals surface area (Å²) in [6.07, 6.45) is 1.82. The number of fused-ring (bicyclic) bond motifs is 1. The Bertz CT molecular complexity index is 765. The number of hydrogen-bond acceptors (Lipinski definition) is 1. The number of anilines is 1. The van der Waals surface area contributed by atoms with E-state index < -0.39 is 17.5 Å². The number of rotatable bonds is 3. The molecule has 0 fully saturated rings. The van der Waals surface area contributed by atoms with Crippen LogP contribution < -0.4 is 5.32 Å². The zero-order chi connectivity index (χ0) is 14.1. The van der Waals surface area contributed by atoms with Crippen LogP contribution in [0.4, 0.5) is 18.9 Å². The molecule has 1 heterocycles. The maximum absolute atomic E-state index is 13.5. The summed E-state index contributed by atoms with van der Waals surface area (Å²) in [5, 5.41) is 4.00. The molecule has 0 radical (unpaired) electrons. The van der Waals surface area contributed by atoms with Crippen LogP contribution in [0.1, 0.15) is 5.56 Å². The molecule has 2 N–H and O–H groups in total. The van der Waals surface area contributed by atoms with Crippen LogP contribution in [0.3, 0.4) is 0 Å². The molecule has 0 aliphatic carbocycles. The first-order valence-corrected chi connectivity index (χ1v) is 6.08. The molecule has 1 aromatic heterocycles. The van der Waals surface area contributed by atoms with Crippen molar-refractivity contribution in [1.82, 2.24) is 4.98 Å². The van der Waals surface area contributed by atoms with Crippen LogP contribution >= 0.6 is 0 Å². The van der Waals surface area contributed by atoms with Gasteiger partial charge in [-0.3, -0.25) is 0 Å². The summed E-state index contributed by atoms with van der Waals surface area (Å²) in [7, 11) is 0. The first-order valence-electron chi connectivity index (χ1n) is 6.08. The van der Waals surface area contributed by atoms with Crippen molar-refractivity contribution in [2.24, 2.45) is 0 Å². The van der Waals surface area contributed by atoms with Crippen LogP contribution in [0, 0.1) is 17.5 Å². The van der Waals surface area contributed by atoms with E-state index in [4.69, 9.17) is 0 Å². The monoisotopic (exact) mass is 276 g/mol. The Morgan fingerprint density at radius 1 is 0.900 bits per heavy atom. The zero-order valence-electron chi connectivity index (χ0n) is 10.4. The first-order chi connectivity index (χ1) is 9.63. The average Bonchev–Trinajstić information content (AvgIpc) is 2.89. The van der Waals surface area contributed by atoms with Crippen molar-refractivity contribution in [2.45, 2.75) is 6.54 Å². The van der Waals surface area contributed by atoms with Gasteiger partial charge in [0.2, 0.25) is 0 Å². The third-order valence-electron chi connectivity index (χ3n) is 3.13. The lowest BCUT2D eigenvalue weighted by Crippen LogP contribution is -2.03. The fraction of sp³-hybridized carbons (Fsp3) is 0.0667. The van der Waals surface area contributed by atoms with E-state index in [0.29, 0.717) is 6.07 Å². The lowest BCUT2D eigenvalue weighted by Gasteiger charge is -2.08. The molecule has 0 amide bonds. The van der Waals surface area contributed by atoms with E-state index in [1.807, 2.05) is 30.5 Å². The topological polar surface area (TPSA) is 27.8 Å². The lowest BCUT2D eigenvalue weighted by molar-refractivity contribution is 0.490. The Morgan fingerprint density at radius 2 is 1.70 bits per heavy atom. The number of H-pyrrole nitrogens is 1. The van der Waals surface area contributed by atoms with Crippen molar-refractivity contribution in [3.8, 4) is 0 Å². The van der Waals surface area contributed by atoms with Gasteiger partial charge in [-0.05, 0) is 30.3 Å². The highest BCUT2D eigenvalue weighted by Crippen LogP contribution is 2.20. The van der Waals surface area contributed by atoms with Crippen molar-refractivity contribution >= 4 is 16.6 Å². The fourth-order valence-corrected chi connectivity index (χ4v) is 2.06. The molecule has 20 heavy (non-hydrogen) atoms. The van der Waals surface area contributed by atoms with Gasteiger partial charge in [0.15, 0.2) is 11.6 Å². The number of benzene rings is 2. The van der Waals surface area contributed by atoms with Crippen molar-refractivity contribution in [1.29, 1.82) is 0 Å². The molecular formula is C15H11F3N2. The fourth-order valence-electron chi connectivity index (χ4n) is 2.06. The molecule has 0 bridgehead atoms. The Labute approximate surface area is 113 Å². The molecule has 2 aromatic carbocycles. The van der Waals surface area contributed by atoms with E-state index in [2.05, 4.69) is 10.3 Å². The number of aromatic amines is 1. The molecular weight excluding hydrogens is 265 g/mol. The van der Waals surface area contributed by atoms with Gasteiger partial charge in [0.05, 0.1) is 0 Å². The molecule has 3 aromatic rings. The largest absolute Gasteiger partial charge is 0.381 e. The lowest BCUT2D eigenvalue weighted by atomic mass is 10.2. The molecule has 0 unspecified atom stereocenters. The van der Waals surface area contributed by atoms with Crippen LogP contribution in [-0.4, -0.2) is 4.98 Å². The van der Waals surface area contributed by atoms with Gasteiger partial charge < -0.3 is 10.3 Å². The minimum absolute atomic E-state index is 0.0815. The maximum atomic E-state index is 13.5.